The molecule has 0 aliphatic carbocycles. The second kappa shape index (κ2) is 14.0. The van der Waals surface area contributed by atoms with Crippen LogP contribution in [0, 0.1) is 24.8 Å². The van der Waals surface area contributed by atoms with Crippen LogP contribution in [0.2, 0.25) is 0 Å². The number of aryl methyl sites for hydroxylation is 1. The fourth-order valence-corrected chi connectivity index (χ4v) is 5.38. The SMILES string of the molecule is CCC(CC)C(=O)/C=C(\O)C(CC)CC.[2H]C([2H])([2H])c1ccc2c(n1)oc1c(-c3cc4sccc4cn3)[c-]ccc12.[Ir]. The number of aromatic nitrogens is 2. The van der Waals surface area contributed by atoms with Gasteiger partial charge in [-0.3, -0.25) is 4.79 Å². The number of pyridine rings is 2. The van der Waals surface area contributed by atoms with E-state index >= 15 is 0 Å². The Bertz CT molecular complexity index is 1690. The second-order valence-corrected chi connectivity index (χ2v) is 10.2. The number of nitrogens with zero attached hydrogens (tertiary/aromatic N) is 2. The fourth-order valence-electron chi connectivity index (χ4n) is 4.58. The van der Waals surface area contributed by atoms with Gasteiger partial charge in [-0.25, -0.2) is 4.98 Å². The summed E-state index contributed by atoms with van der Waals surface area (Å²) in [6.07, 6.45) is 6.74. The van der Waals surface area contributed by atoms with Crippen molar-refractivity contribution in [3.63, 3.8) is 0 Å². The molecule has 1 aromatic carbocycles. The van der Waals surface area contributed by atoms with Crippen LogP contribution < -0.4 is 0 Å². The van der Waals surface area contributed by atoms with Gasteiger partial charge in [0.2, 0.25) is 5.71 Å². The van der Waals surface area contributed by atoms with Crippen molar-refractivity contribution in [3.05, 3.63) is 71.6 Å². The van der Waals surface area contributed by atoms with Crippen molar-refractivity contribution in [3.8, 4) is 11.3 Å². The van der Waals surface area contributed by atoms with E-state index in [-0.39, 0.29) is 49.2 Å². The Hall–Kier alpha value is -2.86. The molecule has 0 amide bonds. The molecule has 0 fully saturated rings. The molecule has 4 heterocycles. The van der Waals surface area contributed by atoms with Crippen molar-refractivity contribution in [1.29, 1.82) is 0 Å². The molecule has 5 aromatic rings. The van der Waals surface area contributed by atoms with Crippen molar-refractivity contribution in [2.24, 2.45) is 11.8 Å². The molecular weight excluding hydrogens is 685 g/mol. The predicted octanol–water partition coefficient (Wildman–Crippen LogP) is 9.23. The van der Waals surface area contributed by atoms with E-state index in [4.69, 9.17) is 8.53 Å². The molecule has 7 heteroatoms. The van der Waals surface area contributed by atoms with Gasteiger partial charge >= 0.3 is 0 Å². The van der Waals surface area contributed by atoms with Gasteiger partial charge in [0.1, 0.15) is 0 Å². The number of carbonyl (C=O) groups excluding carboxylic acids is 1. The molecule has 0 saturated carbocycles. The zero-order chi connectivity index (χ0) is 29.7. The monoisotopic (exact) mass is 723 g/mol. The number of ketones is 1. The molecule has 4 aromatic heterocycles. The summed E-state index contributed by atoms with van der Waals surface area (Å²) in [6.45, 7) is 5.80. The summed E-state index contributed by atoms with van der Waals surface area (Å²) < 4.78 is 29.7. The number of hydrogen-bond donors (Lipinski definition) is 1. The third kappa shape index (κ3) is 6.84. The van der Waals surface area contributed by atoms with Crippen LogP contribution in [0.1, 0.15) is 63.2 Å². The number of aliphatic hydroxyl groups excluding tert-OH is 1. The largest absolute Gasteiger partial charge is 0.512 e. The number of thiophene rings is 1. The Balaban J connectivity index is 0.000000263. The van der Waals surface area contributed by atoms with Crippen LogP contribution >= 0.6 is 11.3 Å². The minimum atomic E-state index is -2.27. The van der Waals surface area contributed by atoms with Crippen molar-refractivity contribution < 1.29 is 38.5 Å². The number of furan rings is 1. The molecule has 0 aliphatic heterocycles. The van der Waals surface area contributed by atoms with Gasteiger partial charge in [-0.2, -0.15) is 0 Å². The molecule has 5 nitrogen and oxygen atoms in total. The molecule has 1 N–H and O–H groups in total. The van der Waals surface area contributed by atoms with E-state index in [1.54, 1.807) is 17.4 Å². The molecule has 0 spiro atoms. The Kier molecular flexibility index (Phi) is 9.45. The smallest absolute Gasteiger partial charge is 0.216 e. The minimum absolute atomic E-state index is 0. The van der Waals surface area contributed by atoms with Crippen LogP contribution in [0.15, 0.2) is 64.2 Å². The zero-order valence-corrected chi connectivity index (χ0v) is 25.8. The average Bonchev–Trinajstić information content (AvgIpc) is 3.58. The molecule has 0 atom stereocenters. The number of rotatable bonds is 8. The molecule has 207 valence electrons. The van der Waals surface area contributed by atoms with E-state index in [1.807, 2.05) is 63.5 Å². The van der Waals surface area contributed by atoms with Gasteiger partial charge in [0.25, 0.3) is 0 Å². The van der Waals surface area contributed by atoms with Crippen molar-refractivity contribution >= 4 is 49.3 Å². The summed E-state index contributed by atoms with van der Waals surface area (Å²) >= 11 is 1.65. The first kappa shape index (κ1) is 26.4. The Morgan fingerprint density at radius 1 is 1.10 bits per heavy atom. The van der Waals surface area contributed by atoms with Crippen molar-refractivity contribution in [1.82, 2.24) is 9.97 Å². The van der Waals surface area contributed by atoms with E-state index < -0.39 is 6.85 Å². The second-order valence-electron chi connectivity index (χ2n) is 9.27. The molecule has 0 saturated heterocycles. The average molecular weight is 723 g/mol. The summed E-state index contributed by atoms with van der Waals surface area (Å²) in [5, 5.41) is 14.5. The fraction of sp³-hybridized carbons (Fsp3) is 0.344. The van der Waals surface area contributed by atoms with Gasteiger partial charge < -0.3 is 14.5 Å². The summed E-state index contributed by atoms with van der Waals surface area (Å²) in [4.78, 5) is 20.4. The quantitative estimate of drug-likeness (QED) is 0.0982. The summed E-state index contributed by atoms with van der Waals surface area (Å²) in [7, 11) is 0. The van der Waals surface area contributed by atoms with Gasteiger partial charge in [-0.05, 0) is 61.8 Å². The third-order valence-corrected chi connectivity index (χ3v) is 7.85. The summed E-state index contributed by atoms with van der Waals surface area (Å²) in [5.74, 6) is 0.547. The normalized spacial score (nSPS) is 13.2. The van der Waals surface area contributed by atoms with Crippen molar-refractivity contribution in [2.75, 3.05) is 0 Å². The number of allylic oxidation sites excluding steroid dienone is 2. The van der Waals surface area contributed by atoms with Gasteiger partial charge in [0.05, 0.1) is 11.3 Å². The van der Waals surface area contributed by atoms with Crippen LogP contribution in [0.4, 0.5) is 0 Å². The third-order valence-electron chi connectivity index (χ3n) is 6.97. The molecule has 39 heavy (non-hydrogen) atoms. The summed E-state index contributed by atoms with van der Waals surface area (Å²) in [6, 6.07) is 14.2. The maximum absolute atomic E-state index is 11.7. The minimum Gasteiger partial charge on any atom is -0.512 e. The number of carbonyl (C=O) groups is 1. The van der Waals surface area contributed by atoms with Gasteiger partial charge in [-0.15, -0.1) is 29.5 Å². The number of fused-ring (bicyclic) bond motifs is 4. The maximum Gasteiger partial charge on any atom is 0.216 e. The van der Waals surface area contributed by atoms with E-state index in [1.165, 1.54) is 12.1 Å². The first-order chi connectivity index (χ1) is 19.6. The van der Waals surface area contributed by atoms with Crippen LogP contribution in [0.3, 0.4) is 0 Å². The predicted molar refractivity (Wildman–Crippen MR) is 158 cm³/mol. The van der Waals surface area contributed by atoms with Crippen LogP contribution in [-0.4, -0.2) is 20.9 Å². The van der Waals surface area contributed by atoms with Crippen LogP contribution in [0.5, 0.6) is 0 Å². The van der Waals surface area contributed by atoms with Crippen LogP contribution in [-0.2, 0) is 24.9 Å². The number of hydrogen-bond acceptors (Lipinski definition) is 6. The van der Waals surface area contributed by atoms with E-state index in [9.17, 15) is 9.90 Å². The molecular formula is C32H35IrN2O3S-. The Morgan fingerprint density at radius 2 is 1.85 bits per heavy atom. The topological polar surface area (TPSA) is 76.2 Å². The molecule has 0 bridgehead atoms. The Labute approximate surface area is 251 Å². The zero-order valence-electron chi connectivity index (χ0n) is 25.6. The first-order valence-electron chi connectivity index (χ1n) is 14.6. The van der Waals surface area contributed by atoms with E-state index in [0.29, 0.717) is 11.3 Å². The Morgan fingerprint density at radius 3 is 2.54 bits per heavy atom. The number of benzene rings is 1. The van der Waals surface area contributed by atoms with Crippen molar-refractivity contribution in [2.45, 2.75) is 60.2 Å². The number of aliphatic hydroxyl groups is 1. The van der Waals surface area contributed by atoms with Gasteiger partial charge in [0, 0.05) is 69.5 Å². The van der Waals surface area contributed by atoms with E-state index in [0.717, 1.165) is 57.8 Å². The van der Waals surface area contributed by atoms with Crippen LogP contribution in [0.25, 0.3) is 43.4 Å². The van der Waals surface area contributed by atoms with Gasteiger partial charge in [-0.1, -0.05) is 44.7 Å². The molecule has 1 radical (unpaired) electrons. The first-order valence-corrected chi connectivity index (χ1v) is 14.0. The van der Waals surface area contributed by atoms with Gasteiger partial charge in [0.15, 0.2) is 5.78 Å². The molecule has 0 unspecified atom stereocenters. The maximum atomic E-state index is 11.7. The standard InChI is InChI=1S/C19H11N2OS.C13H24O2.Ir/c1-11-5-6-14-13-3-2-4-15(18(13)22-19(14)21-11)16-9-17-12(10-20-16)7-8-23-17;1-5-10(6-2)12(14)9-13(15)11(7-3)8-4;/h2-3,5-10H,1H3;9-11,14H,5-8H2,1-4H3;/q-1;;/b;12-9-;/i1D3;;. The van der Waals surface area contributed by atoms with E-state index in [2.05, 4.69) is 16.0 Å². The summed E-state index contributed by atoms with van der Waals surface area (Å²) in [5.41, 5.74) is 2.45. The molecule has 0 aliphatic rings. The molecule has 5 rings (SSSR count).